The maximum atomic E-state index is 5.75. The zero-order chi connectivity index (χ0) is 14.6. The monoisotopic (exact) mass is 357 g/mol. The highest BCUT2D eigenvalue weighted by Crippen LogP contribution is 2.36. The van der Waals surface area contributed by atoms with Gasteiger partial charge < -0.3 is 10.1 Å². The minimum Gasteiger partial charge on any atom is -0.493 e. The molecule has 2 nitrogen and oxygen atoms in total. The lowest BCUT2D eigenvalue weighted by atomic mass is 9.97. The minimum atomic E-state index is 0.352. The van der Waals surface area contributed by atoms with Gasteiger partial charge in [0.25, 0.3) is 0 Å². The molecule has 20 heavy (non-hydrogen) atoms. The average molecular weight is 358 g/mol. The Morgan fingerprint density at radius 3 is 2.80 bits per heavy atom. The van der Waals surface area contributed by atoms with Gasteiger partial charge in [0.05, 0.1) is 6.61 Å². The van der Waals surface area contributed by atoms with E-state index in [0.29, 0.717) is 10.8 Å². The van der Waals surface area contributed by atoms with Crippen LogP contribution in [0.2, 0.25) is 0 Å². The van der Waals surface area contributed by atoms with Crippen LogP contribution in [0.1, 0.15) is 44.7 Å². The molecule has 1 heterocycles. The zero-order valence-corrected chi connectivity index (χ0v) is 14.9. The predicted octanol–water partition coefficient (Wildman–Crippen LogP) is 4.78. The van der Waals surface area contributed by atoms with E-state index in [4.69, 9.17) is 4.74 Å². The molecular weight excluding hydrogens is 334 g/mol. The Bertz CT molecular complexity index is 440. The van der Waals surface area contributed by atoms with Gasteiger partial charge in [0.2, 0.25) is 0 Å². The van der Waals surface area contributed by atoms with Crippen LogP contribution in [0.5, 0.6) is 5.75 Å². The fraction of sp³-hybridized carbons (Fsp3) is 0.625. The summed E-state index contributed by atoms with van der Waals surface area (Å²) >= 11 is 5.55. The number of benzene rings is 1. The number of nitrogens with one attached hydrogen (secondary N) is 1. The Morgan fingerprint density at radius 2 is 2.15 bits per heavy atom. The van der Waals surface area contributed by atoms with Crippen molar-refractivity contribution in [2.24, 2.45) is 0 Å². The van der Waals surface area contributed by atoms with Crippen LogP contribution < -0.4 is 10.1 Å². The Hall–Kier alpha value is -0.190. The summed E-state index contributed by atoms with van der Waals surface area (Å²) in [6.07, 6.45) is 5.67. The van der Waals surface area contributed by atoms with Crippen LogP contribution in [-0.2, 0) is 0 Å². The van der Waals surface area contributed by atoms with Crippen LogP contribution in [-0.4, -0.2) is 24.2 Å². The number of fused-ring (bicyclic) bond motifs is 1. The van der Waals surface area contributed by atoms with Gasteiger partial charge in [-0.3, -0.25) is 0 Å². The molecule has 0 saturated carbocycles. The number of hydrogen-bond acceptors (Lipinski definition) is 3. The summed E-state index contributed by atoms with van der Waals surface area (Å²) in [6, 6.07) is 6.70. The Morgan fingerprint density at radius 1 is 1.40 bits per heavy atom. The Labute approximate surface area is 135 Å². The summed E-state index contributed by atoms with van der Waals surface area (Å²) in [5.41, 5.74) is 1.29. The van der Waals surface area contributed by atoms with Crippen LogP contribution in [0.3, 0.4) is 0 Å². The van der Waals surface area contributed by atoms with Gasteiger partial charge >= 0.3 is 0 Å². The fourth-order valence-electron chi connectivity index (χ4n) is 2.75. The molecule has 112 valence electrons. The van der Waals surface area contributed by atoms with E-state index in [9.17, 15) is 0 Å². The molecular formula is C16H24BrNOS. The Kier molecular flexibility index (Phi) is 5.82. The first kappa shape index (κ1) is 16.2. The van der Waals surface area contributed by atoms with Crippen molar-refractivity contribution in [3.8, 4) is 5.75 Å². The molecule has 0 radical (unpaired) electrons. The lowest BCUT2D eigenvalue weighted by Crippen LogP contribution is -2.39. The van der Waals surface area contributed by atoms with E-state index in [2.05, 4.69) is 53.5 Å². The molecule has 1 aliphatic heterocycles. The third-order valence-corrected chi connectivity index (χ3v) is 6.48. The smallest absolute Gasteiger partial charge is 0.124 e. The lowest BCUT2D eigenvalue weighted by Gasteiger charge is -2.34. The topological polar surface area (TPSA) is 21.3 Å². The van der Waals surface area contributed by atoms with E-state index in [-0.39, 0.29) is 0 Å². The van der Waals surface area contributed by atoms with E-state index in [1.165, 1.54) is 18.4 Å². The summed E-state index contributed by atoms with van der Waals surface area (Å²) in [5, 5.41) is 3.78. The second kappa shape index (κ2) is 7.19. The molecule has 4 heteroatoms. The highest BCUT2D eigenvalue weighted by molar-refractivity contribution is 9.10. The average Bonchev–Trinajstić information content (AvgIpc) is 2.49. The van der Waals surface area contributed by atoms with E-state index in [0.717, 1.165) is 29.8 Å². The van der Waals surface area contributed by atoms with Crippen molar-refractivity contribution in [2.75, 3.05) is 19.4 Å². The van der Waals surface area contributed by atoms with Gasteiger partial charge in [0.1, 0.15) is 5.75 Å². The van der Waals surface area contributed by atoms with Crippen LogP contribution in [0.25, 0.3) is 0 Å². The number of hydrogen-bond donors (Lipinski definition) is 1. The summed E-state index contributed by atoms with van der Waals surface area (Å²) in [5.74, 6) is 1.03. The standard InChI is InChI=1S/C16H24BrNOS/c1-4-16(5-2,20-3)11-18-14-8-9-19-15-7-6-12(17)10-13(14)15/h6-7,10,14,18H,4-5,8-9,11H2,1-3H3. The first-order chi connectivity index (χ1) is 9.64. The Balaban J connectivity index is 2.10. The normalized spacial score (nSPS) is 18.5. The first-order valence-corrected chi connectivity index (χ1v) is 9.36. The second-order valence-electron chi connectivity index (χ2n) is 5.35. The summed E-state index contributed by atoms with van der Waals surface area (Å²) < 4.78 is 7.23. The van der Waals surface area contributed by atoms with Crippen molar-refractivity contribution >= 4 is 27.7 Å². The number of halogens is 1. The van der Waals surface area contributed by atoms with Crippen molar-refractivity contribution in [3.05, 3.63) is 28.2 Å². The van der Waals surface area contributed by atoms with Crippen LogP contribution in [0.15, 0.2) is 22.7 Å². The molecule has 0 aromatic heterocycles. The maximum Gasteiger partial charge on any atom is 0.124 e. The molecule has 0 spiro atoms. The molecule has 0 fully saturated rings. The second-order valence-corrected chi connectivity index (χ2v) is 7.54. The number of rotatable bonds is 6. The summed E-state index contributed by atoms with van der Waals surface area (Å²) in [7, 11) is 0. The summed E-state index contributed by atoms with van der Waals surface area (Å²) in [4.78, 5) is 0. The lowest BCUT2D eigenvalue weighted by molar-refractivity contribution is 0.249. The maximum absolute atomic E-state index is 5.75. The molecule has 1 aliphatic rings. The van der Waals surface area contributed by atoms with E-state index in [1.807, 2.05) is 17.8 Å². The number of ether oxygens (including phenoxy) is 1. The van der Waals surface area contributed by atoms with E-state index < -0.39 is 0 Å². The molecule has 1 N–H and O–H groups in total. The van der Waals surface area contributed by atoms with Gasteiger partial charge in [-0.05, 0) is 37.3 Å². The van der Waals surface area contributed by atoms with E-state index in [1.54, 1.807) is 0 Å². The van der Waals surface area contributed by atoms with Crippen LogP contribution in [0, 0.1) is 0 Å². The molecule has 1 aromatic carbocycles. The van der Waals surface area contributed by atoms with Gasteiger partial charge in [-0.1, -0.05) is 29.8 Å². The quantitative estimate of drug-likeness (QED) is 0.790. The largest absolute Gasteiger partial charge is 0.493 e. The van der Waals surface area contributed by atoms with Gasteiger partial charge in [-0.2, -0.15) is 11.8 Å². The van der Waals surface area contributed by atoms with Crippen molar-refractivity contribution < 1.29 is 4.74 Å². The highest BCUT2D eigenvalue weighted by Gasteiger charge is 2.28. The molecule has 0 saturated heterocycles. The molecule has 1 aromatic rings. The SMILES string of the molecule is CCC(CC)(CNC1CCOc2ccc(Br)cc21)SC. The molecule has 0 amide bonds. The van der Waals surface area contributed by atoms with Crippen molar-refractivity contribution in [3.63, 3.8) is 0 Å². The third-order valence-electron chi connectivity index (χ3n) is 4.40. The van der Waals surface area contributed by atoms with Gasteiger partial charge in [0.15, 0.2) is 0 Å². The van der Waals surface area contributed by atoms with Crippen molar-refractivity contribution in [2.45, 2.75) is 43.9 Å². The first-order valence-electron chi connectivity index (χ1n) is 7.35. The number of thioether (sulfide) groups is 1. The minimum absolute atomic E-state index is 0.352. The highest BCUT2D eigenvalue weighted by atomic mass is 79.9. The zero-order valence-electron chi connectivity index (χ0n) is 12.5. The van der Waals surface area contributed by atoms with Crippen LogP contribution in [0.4, 0.5) is 0 Å². The van der Waals surface area contributed by atoms with Crippen LogP contribution >= 0.6 is 27.7 Å². The summed E-state index contributed by atoms with van der Waals surface area (Å²) in [6.45, 7) is 6.43. The molecule has 1 unspecified atom stereocenters. The molecule has 0 aliphatic carbocycles. The molecule has 1 atom stereocenters. The van der Waals surface area contributed by atoms with Gasteiger partial charge in [0, 0.05) is 33.8 Å². The van der Waals surface area contributed by atoms with E-state index >= 15 is 0 Å². The molecule has 0 bridgehead atoms. The van der Waals surface area contributed by atoms with Gasteiger partial charge in [-0.15, -0.1) is 0 Å². The fourth-order valence-corrected chi connectivity index (χ4v) is 3.93. The van der Waals surface area contributed by atoms with Crippen molar-refractivity contribution in [1.29, 1.82) is 0 Å². The van der Waals surface area contributed by atoms with Crippen molar-refractivity contribution in [1.82, 2.24) is 5.32 Å². The predicted molar refractivity (Wildman–Crippen MR) is 91.8 cm³/mol. The van der Waals surface area contributed by atoms with Gasteiger partial charge in [-0.25, -0.2) is 0 Å². The third kappa shape index (κ3) is 3.52. The molecule has 2 rings (SSSR count).